The number of nitrogens with one attached hydrogen (secondary N) is 2. The number of hydrogen-bond acceptors (Lipinski definition) is 6. The molecular formula is C30H34N4O4. The average Bonchev–Trinajstić information content (AvgIpc) is 2.93. The quantitative estimate of drug-likeness (QED) is 0.345. The van der Waals surface area contributed by atoms with Crippen LogP contribution in [0.4, 0.5) is 5.82 Å². The maximum atomic E-state index is 13.0. The van der Waals surface area contributed by atoms with E-state index in [1.54, 1.807) is 24.4 Å². The third kappa shape index (κ3) is 6.37. The molecule has 0 bridgehead atoms. The zero-order chi connectivity index (χ0) is 26.3. The van der Waals surface area contributed by atoms with E-state index in [-0.39, 0.29) is 19.1 Å². The van der Waals surface area contributed by atoms with E-state index in [1.807, 2.05) is 24.3 Å². The van der Waals surface area contributed by atoms with Crippen LogP contribution < -0.4 is 10.6 Å². The number of aliphatic carboxylic acids is 1. The molecule has 8 heteroatoms. The van der Waals surface area contributed by atoms with E-state index >= 15 is 0 Å². The van der Waals surface area contributed by atoms with Gasteiger partial charge in [-0.05, 0) is 74.3 Å². The number of aryl methyl sites for hydroxylation is 2. The van der Waals surface area contributed by atoms with E-state index in [0.29, 0.717) is 22.7 Å². The highest BCUT2D eigenvalue weighted by molar-refractivity contribution is 6.02. The molecule has 38 heavy (non-hydrogen) atoms. The van der Waals surface area contributed by atoms with Crippen LogP contribution in [-0.2, 0) is 22.4 Å². The minimum atomic E-state index is -1.07. The maximum Gasteiger partial charge on any atom is 0.326 e. The first-order valence-corrected chi connectivity index (χ1v) is 13.4. The lowest BCUT2D eigenvalue weighted by atomic mass is 9.79. The first kappa shape index (κ1) is 25.9. The topological polar surface area (TPSA) is 113 Å². The van der Waals surface area contributed by atoms with E-state index in [4.69, 9.17) is 9.72 Å². The van der Waals surface area contributed by atoms with Crippen LogP contribution in [0.25, 0.3) is 11.3 Å². The Morgan fingerprint density at radius 3 is 2.76 bits per heavy atom. The van der Waals surface area contributed by atoms with Gasteiger partial charge < -0.3 is 20.5 Å². The molecule has 3 heterocycles. The van der Waals surface area contributed by atoms with Gasteiger partial charge in [0, 0.05) is 42.6 Å². The molecule has 1 aliphatic carbocycles. The molecule has 0 saturated heterocycles. The number of fused-ring (bicyclic) bond motifs is 1. The number of nitrogens with zero attached hydrogens (tertiary/aromatic N) is 2. The number of rotatable bonds is 11. The zero-order valence-corrected chi connectivity index (χ0v) is 21.4. The number of amides is 1. The number of carboxylic acid groups (broad SMARTS) is 1. The second-order valence-corrected chi connectivity index (χ2v) is 10.1. The number of pyridine rings is 2. The van der Waals surface area contributed by atoms with Crippen molar-refractivity contribution in [1.82, 2.24) is 15.3 Å². The molecule has 1 atom stereocenters. The number of hydrogen-bond donors (Lipinski definition) is 3. The van der Waals surface area contributed by atoms with Gasteiger partial charge in [-0.1, -0.05) is 30.3 Å². The minimum Gasteiger partial charge on any atom is -0.480 e. The van der Waals surface area contributed by atoms with Crippen molar-refractivity contribution in [1.29, 1.82) is 0 Å². The van der Waals surface area contributed by atoms with Gasteiger partial charge in [0.2, 0.25) is 0 Å². The first-order chi connectivity index (χ1) is 18.6. The molecule has 1 aromatic carbocycles. The number of carboxylic acids is 1. The number of ether oxygens (including phenoxy) is 1. The second-order valence-electron chi connectivity index (χ2n) is 10.1. The summed E-state index contributed by atoms with van der Waals surface area (Å²) >= 11 is 0. The Balaban J connectivity index is 1.06. The lowest BCUT2D eigenvalue weighted by Crippen LogP contribution is -2.42. The molecule has 8 nitrogen and oxygen atoms in total. The van der Waals surface area contributed by atoms with Gasteiger partial charge in [0.1, 0.15) is 11.9 Å². The number of benzene rings is 1. The van der Waals surface area contributed by atoms with Crippen molar-refractivity contribution in [3.8, 4) is 11.3 Å². The Hall–Kier alpha value is -3.78. The van der Waals surface area contributed by atoms with Crippen molar-refractivity contribution in [2.24, 2.45) is 5.92 Å². The number of aromatic nitrogens is 2. The highest BCUT2D eigenvalue weighted by atomic mass is 16.5. The van der Waals surface area contributed by atoms with Crippen LogP contribution in [0.2, 0.25) is 0 Å². The Labute approximate surface area is 222 Å². The lowest BCUT2D eigenvalue weighted by Gasteiger charge is -2.35. The molecule has 3 N–H and O–H groups in total. The fourth-order valence-electron chi connectivity index (χ4n) is 5.18. The fourth-order valence-corrected chi connectivity index (χ4v) is 5.18. The second kappa shape index (κ2) is 12.2. The van der Waals surface area contributed by atoms with E-state index < -0.39 is 17.9 Å². The van der Waals surface area contributed by atoms with Gasteiger partial charge in [-0.3, -0.25) is 9.78 Å². The Bertz CT molecular complexity index is 1260. The third-order valence-corrected chi connectivity index (χ3v) is 7.43. The van der Waals surface area contributed by atoms with Crippen LogP contribution in [0.5, 0.6) is 0 Å². The van der Waals surface area contributed by atoms with E-state index in [2.05, 4.69) is 27.8 Å². The van der Waals surface area contributed by atoms with Crippen molar-refractivity contribution >= 4 is 17.7 Å². The molecule has 3 aromatic rings. The molecule has 0 spiro atoms. The van der Waals surface area contributed by atoms with Gasteiger partial charge in [0.25, 0.3) is 5.91 Å². The van der Waals surface area contributed by atoms with Gasteiger partial charge in [-0.15, -0.1) is 0 Å². The summed E-state index contributed by atoms with van der Waals surface area (Å²) in [7, 11) is 0. The van der Waals surface area contributed by atoms with E-state index in [0.717, 1.165) is 56.6 Å². The normalized spacial score (nSPS) is 18.9. The van der Waals surface area contributed by atoms with Gasteiger partial charge >= 0.3 is 5.97 Å². The number of carbonyl (C=O) groups is 2. The molecule has 1 aliphatic heterocycles. The molecule has 2 aromatic heterocycles. The van der Waals surface area contributed by atoms with Crippen molar-refractivity contribution in [3.05, 3.63) is 77.6 Å². The molecule has 198 valence electrons. The standard InChI is InChI=1S/C30H34N4O4/c35-29(25-8-2-1-7-24(25)26-9-3-4-15-31-26)34-27(30(36)37)14-17-38-23-18-20(19-23)10-12-22-13-11-21-6-5-16-32-28(21)33-22/h1-4,7-9,11,13,15,20,23,27H,5-6,10,12,14,16-19H2,(H,32,33)(H,34,35)(H,36,37)/t20-,23-,27?. The zero-order valence-electron chi connectivity index (χ0n) is 21.4. The van der Waals surface area contributed by atoms with Crippen LogP contribution in [-0.4, -0.2) is 52.2 Å². The lowest BCUT2D eigenvalue weighted by molar-refractivity contribution is -0.140. The summed E-state index contributed by atoms with van der Waals surface area (Å²) in [4.78, 5) is 33.9. The van der Waals surface area contributed by atoms with Crippen molar-refractivity contribution in [2.75, 3.05) is 18.5 Å². The summed E-state index contributed by atoms with van der Waals surface area (Å²) in [5.74, 6) is 0.136. The highest BCUT2D eigenvalue weighted by Crippen LogP contribution is 2.34. The molecule has 0 radical (unpaired) electrons. The maximum absolute atomic E-state index is 13.0. The summed E-state index contributed by atoms with van der Waals surface area (Å²) < 4.78 is 5.95. The summed E-state index contributed by atoms with van der Waals surface area (Å²) in [6.45, 7) is 1.28. The smallest absolute Gasteiger partial charge is 0.326 e. The van der Waals surface area contributed by atoms with Crippen LogP contribution in [0.1, 0.15) is 53.7 Å². The van der Waals surface area contributed by atoms with Crippen molar-refractivity contribution in [3.63, 3.8) is 0 Å². The van der Waals surface area contributed by atoms with E-state index in [9.17, 15) is 14.7 Å². The van der Waals surface area contributed by atoms with Crippen molar-refractivity contribution in [2.45, 2.75) is 57.1 Å². The van der Waals surface area contributed by atoms with Crippen LogP contribution in [0.3, 0.4) is 0 Å². The van der Waals surface area contributed by atoms with Gasteiger partial charge in [0.05, 0.1) is 11.8 Å². The SMILES string of the molecule is O=C(NC(CCO[C@H]1C[C@H](CCc2ccc3c(n2)NCCC3)C1)C(=O)O)c1ccccc1-c1ccccn1. The third-order valence-electron chi connectivity index (χ3n) is 7.43. The molecule has 1 saturated carbocycles. The molecule has 1 unspecified atom stereocenters. The summed E-state index contributed by atoms with van der Waals surface area (Å²) in [5, 5.41) is 15.8. The van der Waals surface area contributed by atoms with Gasteiger partial charge in [0.15, 0.2) is 0 Å². The van der Waals surface area contributed by atoms with Gasteiger partial charge in [-0.25, -0.2) is 9.78 Å². The predicted molar refractivity (Wildman–Crippen MR) is 145 cm³/mol. The summed E-state index contributed by atoms with van der Waals surface area (Å²) in [5.41, 5.74) is 4.15. The largest absolute Gasteiger partial charge is 0.480 e. The van der Waals surface area contributed by atoms with E-state index in [1.165, 1.54) is 5.56 Å². The van der Waals surface area contributed by atoms with Crippen LogP contribution in [0, 0.1) is 5.92 Å². The highest BCUT2D eigenvalue weighted by Gasteiger charge is 2.30. The Kier molecular flexibility index (Phi) is 8.28. The first-order valence-electron chi connectivity index (χ1n) is 13.4. The molecule has 1 fully saturated rings. The molecule has 1 amide bonds. The monoisotopic (exact) mass is 514 g/mol. The van der Waals surface area contributed by atoms with Crippen LogP contribution in [0.15, 0.2) is 60.8 Å². The molecule has 5 rings (SSSR count). The summed E-state index contributed by atoms with van der Waals surface area (Å²) in [6, 6.07) is 15.9. The minimum absolute atomic E-state index is 0.146. The molecule has 2 aliphatic rings. The number of carbonyl (C=O) groups excluding carboxylic acids is 1. The molecular weight excluding hydrogens is 480 g/mol. The Morgan fingerprint density at radius 1 is 1.11 bits per heavy atom. The van der Waals surface area contributed by atoms with Crippen molar-refractivity contribution < 1.29 is 19.4 Å². The summed E-state index contributed by atoms with van der Waals surface area (Å²) in [6.07, 6.45) is 8.27. The Morgan fingerprint density at radius 2 is 1.95 bits per heavy atom. The average molecular weight is 515 g/mol. The van der Waals surface area contributed by atoms with Crippen LogP contribution >= 0.6 is 0 Å². The fraction of sp³-hybridized carbons (Fsp3) is 0.400. The number of anilines is 1. The van der Waals surface area contributed by atoms with Gasteiger partial charge in [-0.2, -0.15) is 0 Å². The predicted octanol–water partition coefficient (Wildman–Crippen LogP) is 4.50.